The normalized spacial score (nSPS) is 11.8. The molecule has 2 N–H and O–H groups in total. The third-order valence-corrected chi connectivity index (χ3v) is 4.26. The third-order valence-electron chi connectivity index (χ3n) is 2.93. The van der Waals surface area contributed by atoms with Gasteiger partial charge in [-0.15, -0.1) is 11.3 Å². The van der Waals surface area contributed by atoms with Crippen LogP contribution in [0.5, 0.6) is 0 Å². The van der Waals surface area contributed by atoms with Crippen molar-refractivity contribution >= 4 is 40.4 Å². The van der Waals surface area contributed by atoms with Crippen LogP contribution in [0, 0.1) is 5.82 Å². The van der Waals surface area contributed by atoms with Gasteiger partial charge in [-0.1, -0.05) is 17.7 Å². The molecule has 1 aromatic carbocycles. The van der Waals surface area contributed by atoms with E-state index in [2.05, 4.69) is 10.6 Å². The molecule has 0 saturated carbocycles. The molecular formula is C15H14ClFN2O3S. The first-order valence-corrected chi connectivity index (χ1v) is 7.82. The summed E-state index contributed by atoms with van der Waals surface area (Å²) in [5.74, 6) is -2.22. The van der Waals surface area contributed by atoms with Crippen LogP contribution in [0.25, 0.3) is 0 Å². The van der Waals surface area contributed by atoms with Crippen molar-refractivity contribution in [3.63, 3.8) is 0 Å². The maximum absolute atomic E-state index is 13.0. The van der Waals surface area contributed by atoms with Crippen LogP contribution in [0.3, 0.4) is 0 Å². The van der Waals surface area contributed by atoms with Crippen molar-refractivity contribution in [1.82, 2.24) is 5.32 Å². The molecule has 0 aliphatic rings. The van der Waals surface area contributed by atoms with Gasteiger partial charge >= 0.3 is 11.8 Å². The van der Waals surface area contributed by atoms with E-state index < -0.39 is 23.7 Å². The van der Waals surface area contributed by atoms with E-state index in [0.717, 1.165) is 10.9 Å². The van der Waals surface area contributed by atoms with E-state index in [1.165, 1.54) is 36.6 Å². The second kappa shape index (κ2) is 8.05. The second-order valence-electron chi connectivity index (χ2n) is 4.54. The molecular weight excluding hydrogens is 343 g/mol. The standard InChI is InChI=1S/C15H14ClFN2O3S/c1-22-11(12-5-6-13(16)23-12)8-18-14(20)15(21)19-10-4-2-3-9(17)7-10/h2-7,11H,8H2,1H3,(H,18,20)(H,19,21). The van der Waals surface area contributed by atoms with Gasteiger partial charge < -0.3 is 15.4 Å². The van der Waals surface area contributed by atoms with Gasteiger partial charge in [-0.25, -0.2) is 4.39 Å². The highest BCUT2D eigenvalue weighted by molar-refractivity contribution is 7.16. The molecule has 122 valence electrons. The summed E-state index contributed by atoms with van der Waals surface area (Å²) in [7, 11) is 1.50. The Hall–Kier alpha value is -1.96. The number of methoxy groups -OCH3 is 1. The van der Waals surface area contributed by atoms with Gasteiger partial charge in [-0.05, 0) is 30.3 Å². The lowest BCUT2D eigenvalue weighted by Gasteiger charge is -2.14. The molecule has 0 aliphatic carbocycles. The number of ether oxygens (including phenoxy) is 1. The van der Waals surface area contributed by atoms with E-state index in [4.69, 9.17) is 16.3 Å². The van der Waals surface area contributed by atoms with E-state index in [-0.39, 0.29) is 12.2 Å². The van der Waals surface area contributed by atoms with E-state index in [9.17, 15) is 14.0 Å². The number of nitrogens with one attached hydrogen (secondary N) is 2. The van der Waals surface area contributed by atoms with Crippen LogP contribution < -0.4 is 10.6 Å². The fourth-order valence-corrected chi connectivity index (χ4v) is 2.96. The fourth-order valence-electron chi connectivity index (χ4n) is 1.82. The predicted molar refractivity (Wildman–Crippen MR) is 87.1 cm³/mol. The Morgan fingerprint density at radius 2 is 2.09 bits per heavy atom. The number of benzene rings is 1. The quantitative estimate of drug-likeness (QED) is 0.809. The third kappa shape index (κ3) is 5.02. The maximum atomic E-state index is 13.0. The van der Waals surface area contributed by atoms with Crippen LogP contribution in [-0.2, 0) is 14.3 Å². The molecule has 2 amide bonds. The summed E-state index contributed by atoms with van der Waals surface area (Å²) in [6, 6.07) is 8.80. The molecule has 0 bridgehead atoms. The van der Waals surface area contributed by atoms with Gasteiger partial charge in [-0.3, -0.25) is 9.59 Å². The molecule has 0 fully saturated rings. The Kier molecular flexibility index (Phi) is 6.09. The highest BCUT2D eigenvalue weighted by atomic mass is 35.5. The van der Waals surface area contributed by atoms with E-state index in [1.54, 1.807) is 12.1 Å². The van der Waals surface area contributed by atoms with Gasteiger partial charge in [0.25, 0.3) is 0 Å². The number of rotatable bonds is 5. The Balaban J connectivity index is 1.89. The average molecular weight is 357 g/mol. The smallest absolute Gasteiger partial charge is 0.313 e. The van der Waals surface area contributed by atoms with Gasteiger partial charge in [0, 0.05) is 24.2 Å². The number of thiophene rings is 1. The number of carbonyl (C=O) groups is 2. The van der Waals surface area contributed by atoms with Crippen LogP contribution in [0.4, 0.5) is 10.1 Å². The number of hydrogen-bond donors (Lipinski definition) is 2. The van der Waals surface area contributed by atoms with Crippen LogP contribution in [0.1, 0.15) is 11.0 Å². The zero-order chi connectivity index (χ0) is 16.8. The topological polar surface area (TPSA) is 67.4 Å². The Labute approximate surface area is 141 Å². The summed E-state index contributed by atoms with van der Waals surface area (Å²) in [6.07, 6.45) is -0.404. The highest BCUT2D eigenvalue weighted by Gasteiger charge is 2.18. The number of carbonyl (C=O) groups excluding carboxylic acids is 2. The summed E-state index contributed by atoms with van der Waals surface area (Å²) in [6.45, 7) is 0.114. The molecule has 2 aromatic rings. The predicted octanol–water partition coefficient (Wildman–Crippen LogP) is 2.98. The minimum atomic E-state index is -0.880. The first-order chi connectivity index (χ1) is 11.0. The molecule has 1 heterocycles. The van der Waals surface area contributed by atoms with Crippen LogP contribution >= 0.6 is 22.9 Å². The second-order valence-corrected chi connectivity index (χ2v) is 6.29. The summed E-state index contributed by atoms with van der Waals surface area (Å²) in [5.41, 5.74) is 0.207. The fraction of sp³-hybridized carbons (Fsp3) is 0.200. The van der Waals surface area contributed by atoms with Crippen LogP contribution in [0.15, 0.2) is 36.4 Å². The minimum Gasteiger partial charge on any atom is -0.374 e. The van der Waals surface area contributed by atoms with Crippen molar-refractivity contribution in [2.24, 2.45) is 0 Å². The van der Waals surface area contributed by atoms with Crippen molar-refractivity contribution in [2.75, 3.05) is 19.0 Å². The molecule has 1 atom stereocenters. The van der Waals surface area contributed by atoms with Crippen molar-refractivity contribution in [3.05, 3.63) is 51.4 Å². The zero-order valence-corrected chi connectivity index (χ0v) is 13.7. The number of halogens is 2. The minimum absolute atomic E-state index is 0.114. The first-order valence-electron chi connectivity index (χ1n) is 6.62. The molecule has 23 heavy (non-hydrogen) atoms. The van der Waals surface area contributed by atoms with Gasteiger partial charge in [0.2, 0.25) is 0 Å². The van der Waals surface area contributed by atoms with Crippen molar-refractivity contribution < 1.29 is 18.7 Å². The average Bonchev–Trinajstić information content (AvgIpc) is 2.94. The van der Waals surface area contributed by atoms with Crippen molar-refractivity contribution in [1.29, 1.82) is 0 Å². The highest BCUT2D eigenvalue weighted by Crippen LogP contribution is 2.28. The summed E-state index contributed by atoms with van der Waals surface area (Å²) < 4.78 is 18.9. The van der Waals surface area contributed by atoms with Crippen LogP contribution in [0.2, 0.25) is 4.34 Å². The van der Waals surface area contributed by atoms with Gasteiger partial charge in [0.15, 0.2) is 0 Å². The summed E-state index contributed by atoms with van der Waals surface area (Å²) in [4.78, 5) is 24.4. The summed E-state index contributed by atoms with van der Waals surface area (Å²) >= 11 is 7.19. The molecule has 5 nitrogen and oxygen atoms in total. The van der Waals surface area contributed by atoms with Gasteiger partial charge in [-0.2, -0.15) is 0 Å². The molecule has 0 radical (unpaired) electrons. The molecule has 1 unspecified atom stereocenters. The molecule has 1 aromatic heterocycles. The monoisotopic (exact) mass is 356 g/mol. The van der Waals surface area contributed by atoms with Gasteiger partial charge in [0.1, 0.15) is 11.9 Å². The van der Waals surface area contributed by atoms with Crippen LogP contribution in [-0.4, -0.2) is 25.5 Å². The molecule has 0 spiro atoms. The lowest BCUT2D eigenvalue weighted by molar-refractivity contribution is -0.136. The lowest BCUT2D eigenvalue weighted by atomic mass is 10.3. The largest absolute Gasteiger partial charge is 0.374 e. The first kappa shape index (κ1) is 17.4. The molecule has 0 aliphatic heterocycles. The molecule has 2 rings (SSSR count). The Bertz CT molecular complexity index is 708. The van der Waals surface area contributed by atoms with E-state index in [1.807, 2.05) is 0 Å². The van der Waals surface area contributed by atoms with E-state index in [0.29, 0.717) is 4.34 Å². The molecule has 8 heteroatoms. The van der Waals surface area contributed by atoms with E-state index >= 15 is 0 Å². The number of hydrogen-bond acceptors (Lipinski definition) is 4. The van der Waals surface area contributed by atoms with Crippen molar-refractivity contribution in [3.8, 4) is 0 Å². The summed E-state index contributed by atoms with van der Waals surface area (Å²) in [5, 5.41) is 4.79. The SMILES string of the molecule is COC(CNC(=O)C(=O)Nc1cccc(F)c1)c1ccc(Cl)s1. The van der Waals surface area contributed by atoms with Crippen molar-refractivity contribution in [2.45, 2.75) is 6.10 Å². The zero-order valence-electron chi connectivity index (χ0n) is 12.1. The molecule has 0 saturated heterocycles. The van der Waals surface area contributed by atoms with Gasteiger partial charge in [0.05, 0.1) is 4.34 Å². The Morgan fingerprint density at radius 3 is 2.70 bits per heavy atom. The maximum Gasteiger partial charge on any atom is 0.313 e. The Morgan fingerprint density at radius 1 is 1.30 bits per heavy atom. The number of amides is 2. The lowest BCUT2D eigenvalue weighted by Crippen LogP contribution is -2.37. The number of anilines is 1.